The summed E-state index contributed by atoms with van der Waals surface area (Å²) in [5, 5.41) is 3.71. The van der Waals surface area contributed by atoms with Crippen molar-refractivity contribution in [2.45, 2.75) is 58.0 Å². The molecule has 0 aromatic heterocycles. The molecule has 3 nitrogen and oxygen atoms in total. The fourth-order valence-electron chi connectivity index (χ4n) is 2.96. The van der Waals surface area contributed by atoms with Crippen LogP contribution in [0.3, 0.4) is 0 Å². The summed E-state index contributed by atoms with van der Waals surface area (Å²) >= 11 is 0. The van der Waals surface area contributed by atoms with Crippen LogP contribution in [0.5, 0.6) is 0 Å². The summed E-state index contributed by atoms with van der Waals surface area (Å²) in [4.78, 5) is 5.02. The number of hydrogen-bond acceptors (Lipinski definition) is 3. The van der Waals surface area contributed by atoms with Gasteiger partial charge in [0.15, 0.2) is 0 Å². The first-order valence-electron chi connectivity index (χ1n) is 7.81. The van der Waals surface area contributed by atoms with Crippen LogP contribution in [0.15, 0.2) is 0 Å². The van der Waals surface area contributed by atoms with Gasteiger partial charge in [-0.1, -0.05) is 39.5 Å². The summed E-state index contributed by atoms with van der Waals surface area (Å²) in [7, 11) is 4.54. The van der Waals surface area contributed by atoms with E-state index < -0.39 is 0 Å². The molecular formula is C15H33N3. The van der Waals surface area contributed by atoms with Crippen LogP contribution in [0, 0.1) is 0 Å². The Labute approximate surface area is 114 Å². The molecule has 2 atom stereocenters. The molecule has 1 aliphatic rings. The Morgan fingerprint density at radius 1 is 1.11 bits per heavy atom. The third kappa shape index (κ3) is 5.25. The van der Waals surface area contributed by atoms with E-state index in [-0.39, 0.29) is 0 Å². The molecule has 1 heterocycles. The van der Waals surface area contributed by atoms with E-state index >= 15 is 0 Å². The predicted molar refractivity (Wildman–Crippen MR) is 80.1 cm³/mol. The second kappa shape index (κ2) is 8.89. The van der Waals surface area contributed by atoms with Crippen molar-refractivity contribution in [3.05, 3.63) is 0 Å². The average molecular weight is 255 g/mol. The van der Waals surface area contributed by atoms with Gasteiger partial charge >= 0.3 is 0 Å². The lowest BCUT2D eigenvalue weighted by molar-refractivity contribution is 0.0849. The van der Waals surface area contributed by atoms with Crippen LogP contribution in [-0.2, 0) is 0 Å². The molecule has 0 aromatic rings. The Balaban J connectivity index is 2.42. The van der Waals surface area contributed by atoms with Gasteiger partial charge in [0.05, 0.1) is 0 Å². The number of nitrogens with one attached hydrogen (secondary N) is 1. The molecule has 1 N–H and O–H groups in total. The minimum Gasteiger partial charge on any atom is -0.313 e. The molecule has 0 amide bonds. The molecule has 0 saturated carbocycles. The van der Waals surface area contributed by atoms with Gasteiger partial charge in [0, 0.05) is 31.7 Å². The second-order valence-corrected chi connectivity index (χ2v) is 5.82. The van der Waals surface area contributed by atoms with Crippen molar-refractivity contribution in [2.75, 3.05) is 40.3 Å². The van der Waals surface area contributed by atoms with Gasteiger partial charge in [-0.05, 0) is 27.1 Å². The molecule has 0 spiro atoms. The largest absolute Gasteiger partial charge is 0.313 e. The van der Waals surface area contributed by atoms with Crippen LogP contribution in [-0.4, -0.2) is 62.2 Å². The van der Waals surface area contributed by atoms with Crippen LogP contribution in [0.2, 0.25) is 0 Å². The summed E-state index contributed by atoms with van der Waals surface area (Å²) in [5.41, 5.74) is 0. The van der Waals surface area contributed by atoms with Gasteiger partial charge in [-0.25, -0.2) is 0 Å². The van der Waals surface area contributed by atoms with Crippen LogP contribution in [0.1, 0.15) is 46.0 Å². The van der Waals surface area contributed by atoms with Crippen molar-refractivity contribution in [3.63, 3.8) is 0 Å². The highest BCUT2D eigenvalue weighted by Crippen LogP contribution is 2.15. The highest BCUT2D eigenvalue weighted by Gasteiger charge is 2.28. The number of hydrogen-bond donors (Lipinski definition) is 1. The Morgan fingerprint density at radius 3 is 2.56 bits per heavy atom. The van der Waals surface area contributed by atoms with Crippen LogP contribution in [0.4, 0.5) is 0 Å². The van der Waals surface area contributed by atoms with E-state index in [4.69, 9.17) is 0 Å². The lowest BCUT2D eigenvalue weighted by atomic mass is 9.97. The number of unbranched alkanes of at least 4 members (excludes halogenated alkanes) is 3. The summed E-state index contributed by atoms with van der Waals surface area (Å²) in [6.45, 7) is 9.23. The molecule has 108 valence electrons. The first-order chi connectivity index (χ1) is 8.69. The van der Waals surface area contributed by atoms with E-state index in [9.17, 15) is 0 Å². The molecule has 0 aromatic carbocycles. The molecule has 0 bridgehead atoms. The normalized spacial score (nSPS) is 24.3. The van der Waals surface area contributed by atoms with Gasteiger partial charge in [0.2, 0.25) is 0 Å². The predicted octanol–water partition coefficient (Wildman–Crippen LogP) is 2.18. The fraction of sp³-hybridized carbons (Fsp3) is 1.00. The second-order valence-electron chi connectivity index (χ2n) is 5.82. The summed E-state index contributed by atoms with van der Waals surface area (Å²) in [6, 6.07) is 1.35. The quantitative estimate of drug-likeness (QED) is 0.671. The average Bonchev–Trinajstić information content (AvgIpc) is 2.36. The molecule has 18 heavy (non-hydrogen) atoms. The highest BCUT2D eigenvalue weighted by molar-refractivity contribution is 4.88. The molecule has 3 heteroatoms. The minimum atomic E-state index is 0.666. The van der Waals surface area contributed by atoms with E-state index in [2.05, 4.69) is 43.1 Å². The van der Waals surface area contributed by atoms with Gasteiger partial charge < -0.3 is 10.2 Å². The van der Waals surface area contributed by atoms with E-state index in [0.29, 0.717) is 12.1 Å². The van der Waals surface area contributed by atoms with Crippen molar-refractivity contribution >= 4 is 0 Å². The molecule has 1 saturated heterocycles. The van der Waals surface area contributed by atoms with Gasteiger partial charge in [-0.3, -0.25) is 4.90 Å². The van der Waals surface area contributed by atoms with Crippen LogP contribution >= 0.6 is 0 Å². The number of likely N-dealkylation sites (N-methyl/N-ethyl adjacent to an activating group) is 3. The van der Waals surface area contributed by atoms with Crippen molar-refractivity contribution in [3.8, 4) is 0 Å². The van der Waals surface area contributed by atoms with Gasteiger partial charge in [0.25, 0.3) is 0 Å². The van der Waals surface area contributed by atoms with E-state index in [1.807, 2.05) is 0 Å². The summed E-state index contributed by atoms with van der Waals surface area (Å²) < 4.78 is 0. The monoisotopic (exact) mass is 255 g/mol. The highest BCUT2D eigenvalue weighted by atomic mass is 15.3. The molecule has 1 fully saturated rings. The Morgan fingerprint density at radius 2 is 1.89 bits per heavy atom. The van der Waals surface area contributed by atoms with Crippen molar-refractivity contribution < 1.29 is 0 Å². The summed E-state index contributed by atoms with van der Waals surface area (Å²) in [6.07, 6.45) is 6.82. The van der Waals surface area contributed by atoms with Crippen LogP contribution < -0.4 is 5.32 Å². The summed E-state index contributed by atoms with van der Waals surface area (Å²) in [5.74, 6) is 0. The zero-order valence-electron chi connectivity index (χ0n) is 12.9. The smallest absolute Gasteiger partial charge is 0.0373 e. The standard InChI is InChI=1S/C15H33N3/c1-5-7-8-9-10-14(16-6-2)15-13-17(3)11-12-18(15)4/h14-16H,5-13H2,1-4H3. The fourth-order valence-corrected chi connectivity index (χ4v) is 2.96. The molecular weight excluding hydrogens is 222 g/mol. The molecule has 1 aliphatic heterocycles. The molecule has 2 unspecified atom stereocenters. The van der Waals surface area contributed by atoms with E-state index in [1.165, 1.54) is 51.7 Å². The molecule has 0 aliphatic carbocycles. The topological polar surface area (TPSA) is 18.5 Å². The lowest BCUT2D eigenvalue weighted by Crippen LogP contribution is -2.58. The maximum Gasteiger partial charge on any atom is 0.0373 e. The maximum atomic E-state index is 3.71. The van der Waals surface area contributed by atoms with E-state index in [0.717, 1.165) is 6.54 Å². The van der Waals surface area contributed by atoms with Gasteiger partial charge in [-0.15, -0.1) is 0 Å². The Bertz CT molecular complexity index is 208. The zero-order chi connectivity index (χ0) is 13.4. The first kappa shape index (κ1) is 15.9. The number of rotatable bonds is 8. The van der Waals surface area contributed by atoms with E-state index in [1.54, 1.807) is 0 Å². The minimum absolute atomic E-state index is 0.666. The zero-order valence-corrected chi connectivity index (χ0v) is 12.9. The van der Waals surface area contributed by atoms with Gasteiger partial charge in [0.1, 0.15) is 0 Å². The maximum absolute atomic E-state index is 3.71. The lowest BCUT2D eigenvalue weighted by Gasteiger charge is -2.42. The number of piperazine rings is 1. The molecule has 0 radical (unpaired) electrons. The third-order valence-electron chi connectivity index (χ3n) is 4.20. The third-order valence-corrected chi connectivity index (χ3v) is 4.20. The van der Waals surface area contributed by atoms with Crippen molar-refractivity contribution in [1.29, 1.82) is 0 Å². The van der Waals surface area contributed by atoms with Crippen LogP contribution in [0.25, 0.3) is 0 Å². The Hall–Kier alpha value is -0.120. The first-order valence-corrected chi connectivity index (χ1v) is 7.81. The van der Waals surface area contributed by atoms with Gasteiger partial charge in [-0.2, -0.15) is 0 Å². The molecule has 1 rings (SSSR count). The van der Waals surface area contributed by atoms with Crippen molar-refractivity contribution in [2.24, 2.45) is 0 Å². The van der Waals surface area contributed by atoms with Crippen molar-refractivity contribution in [1.82, 2.24) is 15.1 Å². The number of nitrogens with zero attached hydrogens (tertiary/aromatic N) is 2. The SMILES string of the molecule is CCCCCCC(NCC)C1CN(C)CCN1C. The Kier molecular flexibility index (Phi) is 7.87.